The zero-order chi connectivity index (χ0) is 12.5. The summed E-state index contributed by atoms with van der Waals surface area (Å²) in [5.74, 6) is 0.807. The fourth-order valence-corrected chi connectivity index (χ4v) is 4.32. The fraction of sp³-hybridized carbons (Fsp3) is 1.00. The minimum Gasteiger partial charge on any atom is -0.309 e. The molecule has 4 atom stereocenters. The zero-order valence-corrected chi connectivity index (χ0v) is 12.1. The van der Waals surface area contributed by atoms with Crippen molar-refractivity contribution in [2.24, 2.45) is 5.92 Å². The van der Waals surface area contributed by atoms with Gasteiger partial charge in [0.1, 0.15) is 0 Å². The molecule has 3 nitrogen and oxygen atoms in total. The summed E-state index contributed by atoms with van der Waals surface area (Å²) in [6, 6.07) is 2.39. The summed E-state index contributed by atoms with van der Waals surface area (Å²) in [4.78, 5) is 5.21. The second kappa shape index (κ2) is 5.48. The van der Waals surface area contributed by atoms with Crippen molar-refractivity contribution >= 4 is 0 Å². The van der Waals surface area contributed by atoms with Gasteiger partial charge in [-0.2, -0.15) is 0 Å². The van der Waals surface area contributed by atoms with E-state index in [0.717, 1.165) is 24.0 Å². The molecule has 0 aliphatic carbocycles. The van der Waals surface area contributed by atoms with E-state index in [1.165, 1.54) is 58.3 Å². The van der Waals surface area contributed by atoms with Gasteiger partial charge in [0.2, 0.25) is 0 Å². The van der Waals surface area contributed by atoms with Gasteiger partial charge in [0.15, 0.2) is 0 Å². The topological polar surface area (TPSA) is 18.5 Å². The van der Waals surface area contributed by atoms with Crippen LogP contribution in [0.25, 0.3) is 0 Å². The van der Waals surface area contributed by atoms with Crippen molar-refractivity contribution in [3.05, 3.63) is 0 Å². The van der Waals surface area contributed by atoms with Crippen LogP contribution in [0.5, 0.6) is 0 Å². The predicted octanol–water partition coefficient (Wildman–Crippen LogP) is 1.54. The molecule has 0 aromatic carbocycles. The Labute approximate surface area is 112 Å². The molecular formula is C15H29N3. The molecule has 1 N–H and O–H groups in total. The van der Waals surface area contributed by atoms with Gasteiger partial charge in [0.05, 0.1) is 0 Å². The van der Waals surface area contributed by atoms with Crippen LogP contribution in [0, 0.1) is 5.92 Å². The molecule has 3 fully saturated rings. The summed E-state index contributed by atoms with van der Waals surface area (Å²) >= 11 is 0. The molecule has 3 aliphatic rings. The normalized spacial score (nSPS) is 43.0. The molecule has 18 heavy (non-hydrogen) atoms. The van der Waals surface area contributed by atoms with Crippen molar-refractivity contribution in [1.29, 1.82) is 0 Å². The van der Waals surface area contributed by atoms with Gasteiger partial charge in [0.25, 0.3) is 0 Å². The van der Waals surface area contributed by atoms with E-state index in [1.54, 1.807) is 0 Å². The Morgan fingerprint density at radius 2 is 1.78 bits per heavy atom. The van der Waals surface area contributed by atoms with E-state index in [1.807, 2.05) is 0 Å². The highest BCUT2D eigenvalue weighted by molar-refractivity contribution is 4.96. The summed E-state index contributed by atoms with van der Waals surface area (Å²) in [5.41, 5.74) is 0. The number of rotatable bonds is 2. The maximum absolute atomic E-state index is 4.02. The average molecular weight is 251 g/mol. The Bertz CT molecular complexity index is 281. The van der Waals surface area contributed by atoms with Crippen LogP contribution in [-0.4, -0.2) is 61.2 Å². The van der Waals surface area contributed by atoms with Crippen LogP contribution in [0.4, 0.5) is 0 Å². The largest absolute Gasteiger partial charge is 0.309 e. The van der Waals surface area contributed by atoms with Gasteiger partial charge in [-0.3, -0.25) is 4.90 Å². The van der Waals surface area contributed by atoms with Crippen molar-refractivity contribution in [3.63, 3.8) is 0 Å². The lowest BCUT2D eigenvalue weighted by Crippen LogP contribution is -2.53. The molecule has 0 saturated carbocycles. The van der Waals surface area contributed by atoms with Gasteiger partial charge >= 0.3 is 0 Å². The van der Waals surface area contributed by atoms with Gasteiger partial charge in [0, 0.05) is 31.2 Å². The lowest BCUT2D eigenvalue weighted by molar-refractivity contribution is 0.140. The van der Waals surface area contributed by atoms with Gasteiger partial charge in [-0.25, -0.2) is 0 Å². The first-order valence-corrected chi connectivity index (χ1v) is 7.92. The number of nitrogens with one attached hydrogen (secondary N) is 1. The van der Waals surface area contributed by atoms with Crippen LogP contribution in [0.3, 0.4) is 0 Å². The highest BCUT2D eigenvalue weighted by atomic mass is 15.2. The van der Waals surface area contributed by atoms with Crippen LogP contribution in [0.1, 0.15) is 39.0 Å². The number of hydrogen-bond donors (Lipinski definition) is 1. The Morgan fingerprint density at radius 1 is 0.944 bits per heavy atom. The molecule has 3 aliphatic heterocycles. The van der Waals surface area contributed by atoms with Gasteiger partial charge in [-0.1, -0.05) is 13.3 Å². The molecule has 3 heterocycles. The maximum atomic E-state index is 4.02. The van der Waals surface area contributed by atoms with Gasteiger partial charge in [-0.05, 0) is 51.7 Å². The van der Waals surface area contributed by atoms with Crippen LogP contribution in [0.2, 0.25) is 0 Å². The average Bonchev–Trinajstić information content (AvgIpc) is 2.76. The Kier molecular flexibility index (Phi) is 3.92. The minimum absolute atomic E-state index is 0.757. The molecule has 0 spiro atoms. The standard InChI is InChI=1S/C15H29N3/c1-12-11-17(2)9-6-13(12)16-14-7-10-18-8-4-3-5-15(14)18/h12-16H,3-11H2,1-2H3. The summed E-state index contributed by atoms with van der Waals surface area (Å²) in [6.07, 6.45) is 7.01. The van der Waals surface area contributed by atoms with E-state index in [2.05, 4.69) is 29.1 Å². The van der Waals surface area contributed by atoms with Crippen molar-refractivity contribution in [3.8, 4) is 0 Å². The second-order valence-electron chi connectivity index (χ2n) is 6.80. The van der Waals surface area contributed by atoms with Crippen LogP contribution < -0.4 is 5.32 Å². The smallest absolute Gasteiger partial charge is 0.0249 e. The van der Waals surface area contributed by atoms with E-state index in [4.69, 9.17) is 0 Å². The van der Waals surface area contributed by atoms with Gasteiger partial charge < -0.3 is 10.2 Å². The maximum Gasteiger partial charge on any atom is 0.0249 e. The highest BCUT2D eigenvalue weighted by Crippen LogP contribution is 2.28. The van der Waals surface area contributed by atoms with Crippen molar-refractivity contribution in [2.45, 2.75) is 57.2 Å². The molecule has 0 amide bonds. The Balaban J connectivity index is 1.56. The van der Waals surface area contributed by atoms with Crippen LogP contribution in [-0.2, 0) is 0 Å². The van der Waals surface area contributed by atoms with Crippen LogP contribution >= 0.6 is 0 Å². The first kappa shape index (κ1) is 12.9. The summed E-state index contributed by atoms with van der Waals surface area (Å²) in [6.45, 7) is 7.64. The third kappa shape index (κ3) is 2.59. The predicted molar refractivity (Wildman–Crippen MR) is 75.8 cm³/mol. The molecule has 0 aromatic rings. The quantitative estimate of drug-likeness (QED) is 0.803. The van der Waals surface area contributed by atoms with Crippen molar-refractivity contribution in [2.75, 3.05) is 33.2 Å². The molecular weight excluding hydrogens is 222 g/mol. The lowest BCUT2D eigenvalue weighted by atomic mass is 9.91. The zero-order valence-electron chi connectivity index (χ0n) is 12.1. The molecule has 0 aromatic heterocycles. The number of piperidine rings is 2. The van der Waals surface area contributed by atoms with E-state index in [0.29, 0.717) is 0 Å². The lowest BCUT2D eigenvalue weighted by Gasteiger charge is -2.39. The molecule has 3 heteroatoms. The molecule has 0 radical (unpaired) electrons. The molecule has 0 bridgehead atoms. The van der Waals surface area contributed by atoms with E-state index in [9.17, 15) is 0 Å². The third-order valence-corrected chi connectivity index (χ3v) is 5.39. The van der Waals surface area contributed by atoms with E-state index in [-0.39, 0.29) is 0 Å². The first-order valence-electron chi connectivity index (χ1n) is 7.92. The van der Waals surface area contributed by atoms with Crippen molar-refractivity contribution < 1.29 is 0 Å². The Hall–Kier alpha value is -0.120. The molecule has 3 saturated heterocycles. The molecule has 4 unspecified atom stereocenters. The second-order valence-corrected chi connectivity index (χ2v) is 6.80. The number of nitrogens with zero attached hydrogens (tertiary/aromatic N) is 2. The Morgan fingerprint density at radius 3 is 2.61 bits per heavy atom. The summed E-state index contributed by atoms with van der Waals surface area (Å²) in [7, 11) is 2.26. The van der Waals surface area contributed by atoms with E-state index >= 15 is 0 Å². The number of hydrogen-bond acceptors (Lipinski definition) is 3. The SMILES string of the molecule is CC1CN(C)CCC1NC1CCN2CCCCC12. The monoisotopic (exact) mass is 251 g/mol. The highest BCUT2D eigenvalue weighted by Gasteiger charge is 2.37. The van der Waals surface area contributed by atoms with Crippen molar-refractivity contribution in [1.82, 2.24) is 15.1 Å². The fourth-order valence-electron chi connectivity index (χ4n) is 4.32. The molecule has 104 valence electrons. The first-order chi connectivity index (χ1) is 8.74. The van der Waals surface area contributed by atoms with Crippen LogP contribution in [0.15, 0.2) is 0 Å². The minimum atomic E-state index is 0.757. The summed E-state index contributed by atoms with van der Waals surface area (Å²) < 4.78 is 0. The third-order valence-electron chi connectivity index (χ3n) is 5.39. The van der Waals surface area contributed by atoms with Gasteiger partial charge in [-0.15, -0.1) is 0 Å². The number of likely N-dealkylation sites (tertiary alicyclic amines) is 1. The molecule has 3 rings (SSSR count). The van der Waals surface area contributed by atoms with E-state index < -0.39 is 0 Å². The number of fused-ring (bicyclic) bond motifs is 1. The summed E-state index contributed by atoms with van der Waals surface area (Å²) in [5, 5.41) is 4.02.